The van der Waals surface area contributed by atoms with Gasteiger partial charge in [0.15, 0.2) is 0 Å². The minimum Gasteiger partial charge on any atom is -0.447 e. The van der Waals surface area contributed by atoms with Gasteiger partial charge in [0.2, 0.25) is 11.8 Å². The van der Waals surface area contributed by atoms with Crippen LogP contribution in [-0.4, -0.2) is 95.0 Å². The normalized spacial score (nSPS) is 21.0. The molecule has 3 amide bonds. The number of nitrogens with zero attached hydrogens (tertiary/aromatic N) is 4. The minimum absolute atomic E-state index is 0.107. The van der Waals surface area contributed by atoms with E-state index in [2.05, 4.69) is 12.1 Å². The van der Waals surface area contributed by atoms with Crippen molar-refractivity contribution in [2.75, 3.05) is 49.2 Å². The summed E-state index contributed by atoms with van der Waals surface area (Å²) in [6.07, 6.45) is -0.442. The number of aryl methyl sites for hydroxylation is 1. The molecule has 3 heterocycles. The first-order chi connectivity index (χ1) is 26.2. The van der Waals surface area contributed by atoms with Gasteiger partial charge < -0.3 is 19.4 Å². The number of carbonyl (C=O) groups is 3. The van der Waals surface area contributed by atoms with Crippen molar-refractivity contribution in [3.05, 3.63) is 144 Å². The van der Waals surface area contributed by atoms with E-state index < -0.39 is 42.0 Å². The van der Waals surface area contributed by atoms with Gasteiger partial charge in [-0.2, -0.15) is 24.9 Å². The highest BCUT2D eigenvalue weighted by Crippen LogP contribution is 2.39. The molecule has 3 aliphatic heterocycles. The smallest absolute Gasteiger partial charge is 0.416 e. The number of carbonyl (C=O) groups excluding carboxylic acids is 3. The first-order valence-corrected chi connectivity index (χ1v) is 19.2. The minimum atomic E-state index is -4.46. The molecule has 8 nitrogen and oxygen atoms in total. The average molecular weight is 755 g/mol. The fourth-order valence-electron chi connectivity index (χ4n) is 7.38. The Bertz CT molecular complexity index is 1940. The van der Waals surface area contributed by atoms with Gasteiger partial charge in [0, 0.05) is 37.6 Å². The monoisotopic (exact) mass is 754 g/mol. The number of rotatable bonds is 12. The molecule has 4 aromatic rings. The van der Waals surface area contributed by atoms with E-state index in [0.717, 1.165) is 35.4 Å². The number of hydrogen-bond donors (Lipinski definition) is 0. The zero-order chi connectivity index (χ0) is 37.7. The van der Waals surface area contributed by atoms with Gasteiger partial charge in [-0.25, -0.2) is 4.79 Å². The number of thioether (sulfide) groups is 1. The highest BCUT2D eigenvalue weighted by molar-refractivity contribution is 7.99. The second-order valence-electron chi connectivity index (χ2n) is 13.5. The molecule has 0 bridgehead atoms. The number of hydrogen-bond acceptors (Lipinski definition) is 6. The molecule has 3 aliphatic rings. The second kappa shape index (κ2) is 16.4. The fourth-order valence-corrected chi connectivity index (χ4v) is 8.45. The Hall–Kier alpha value is -5.23. The van der Waals surface area contributed by atoms with Crippen LogP contribution in [0.15, 0.2) is 121 Å². The average Bonchev–Trinajstić information content (AvgIpc) is 3.57. The van der Waals surface area contributed by atoms with Gasteiger partial charge in [-0.15, -0.1) is 0 Å². The van der Waals surface area contributed by atoms with Crippen LogP contribution in [0.1, 0.15) is 28.3 Å². The van der Waals surface area contributed by atoms with Crippen LogP contribution in [0.3, 0.4) is 0 Å². The summed E-state index contributed by atoms with van der Waals surface area (Å²) in [5, 5.41) is 0. The number of β-lactam (4-membered cyclic amide) rings is 1. The molecular weight excluding hydrogens is 714 g/mol. The Morgan fingerprint density at radius 2 is 1.52 bits per heavy atom. The lowest BCUT2D eigenvalue weighted by Crippen LogP contribution is -2.75. The summed E-state index contributed by atoms with van der Waals surface area (Å²) in [6, 6.07) is 31.6. The predicted octanol–water partition coefficient (Wildman–Crippen LogP) is 7.18. The van der Waals surface area contributed by atoms with Crippen molar-refractivity contribution in [2.24, 2.45) is 0 Å². The number of piperazine rings is 1. The van der Waals surface area contributed by atoms with E-state index in [1.165, 1.54) is 16.5 Å². The number of alkyl halides is 3. The molecule has 280 valence electrons. The number of amides is 3. The molecular formula is C42H41F3N4O4S. The third kappa shape index (κ3) is 8.13. The van der Waals surface area contributed by atoms with Crippen molar-refractivity contribution in [1.82, 2.24) is 14.7 Å². The van der Waals surface area contributed by atoms with Crippen LogP contribution in [0, 0.1) is 0 Å². The van der Waals surface area contributed by atoms with Crippen LogP contribution in [0.4, 0.5) is 23.7 Å². The maximum atomic E-state index is 14.6. The largest absolute Gasteiger partial charge is 0.447 e. The molecule has 54 heavy (non-hydrogen) atoms. The van der Waals surface area contributed by atoms with Crippen LogP contribution < -0.4 is 4.90 Å². The van der Waals surface area contributed by atoms with Crippen molar-refractivity contribution in [3.8, 4) is 0 Å². The highest BCUT2D eigenvalue weighted by Gasteiger charge is 2.58. The van der Waals surface area contributed by atoms with E-state index in [1.807, 2.05) is 95.9 Å². The first kappa shape index (κ1) is 37.1. The number of ether oxygens (including phenoxy) is 1. The number of likely N-dealkylation sites (tertiary alicyclic amines) is 1. The lowest BCUT2D eigenvalue weighted by molar-refractivity contribution is -0.164. The maximum absolute atomic E-state index is 14.6. The molecule has 0 radical (unpaired) electrons. The van der Waals surface area contributed by atoms with Gasteiger partial charge in [-0.05, 0) is 47.1 Å². The van der Waals surface area contributed by atoms with E-state index in [0.29, 0.717) is 24.5 Å². The van der Waals surface area contributed by atoms with Gasteiger partial charge in [0.1, 0.15) is 18.7 Å². The SMILES string of the molecule is O=C([C@@H](CSCCc1ccccc1)N1C(=O)[C@@H](N2C(=O)OC[C@@H]2c2ccccc2)[C@H]1/C=C/c1ccccc1)N1CCN(c2cccc(C(F)(F)F)c2)CC1. The van der Waals surface area contributed by atoms with Gasteiger partial charge in [0.05, 0.1) is 17.6 Å². The number of benzene rings is 4. The molecule has 4 atom stereocenters. The molecule has 4 aromatic carbocycles. The van der Waals surface area contributed by atoms with Crippen LogP contribution in [0.2, 0.25) is 0 Å². The van der Waals surface area contributed by atoms with Crippen LogP contribution in [-0.2, 0) is 26.9 Å². The summed E-state index contributed by atoms with van der Waals surface area (Å²) in [5.74, 6) is 0.503. The van der Waals surface area contributed by atoms with E-state index >= 15 is 0 Å². The summed E-state index contributed by atoms with van der Waals surface area (Å²) < 4.78 is 45.9. The van der Waals surface area contributed by atoms with Crippen molar-refractivity contribution in [1.29, 1.82) is 0 Å². The Kier molecular flexibility index (Phi) is 11.3. The second-order valence-corrected chi connectivity index (χ2v) is 14.7. The Balaban J connectivity index is 1.15. The highest BCUT2D eigenvalue weighted by atomic mass is 32.2. The lowest BCUT2D eigenvalue weighted by atomic mass is 9.88. The van der Waals surface area contributed by atoms with E-state index in [4.69, 9.17) is 4.74 Å². The molecule has 3 fully saturated rings. The topological polar surface area (TPSA) is 73.4 Å². The van der Waals surface area contributed by atoms with E-state index in [1.54, 1.807) is 27.6 Å². The van der Waals surface area contributed by atoms with Crippen molar-refractivity contribution < 1.29 is 32.3 Å². The van der Waals surface area contributed by atoms with Crippen LogP contribution in [0.5, 0.6) is 0 Å². The third-order valence-electron chi connectivity index (χ3n) is 10.2. The van der Waals surface area contributed by atoms with Gasteiger partial charge in [0.25, 0.3) is 0 Å². The summed E-state index contributed by atoms with van der Waals surface area (Å²) in [6.45, 7) is 1.35. The lowest BCUT2D eigenvalue weighted by Gasteiger charge is -2.53. The van der Waals surface area contributed by atoms with Gasteiger partial charge in [-0.1, -0.05) is 109 Å². The molecule has 7 rings (SSSR count). The van der Waals surface area contributed by atoms with Crippen molar-refractivity contribution in [2.45, 2.75) is 36.8 Å². The summed E-state index contributed by atoms with van der Waals surface area (Å²) >= 11 is 1.59. The molecule has 12 heteroatoms. The molecule has 3 saturated heterocycles. The Labute approximate surface area is 317 Å². The van der Waals surface area contributed by atoms with Crippen LogP contribution in [0.25, 0.3) is 6.08 Å². The molecule has 0 N–H and O–H groups in total. The van der Waals surface area contributed by atoms with Crippen LogP contribution >= 0.6 is 11.8 Å². The summed E-state index contributed by atoms with van der Waals surface area (Å²) in [4.78, 5) is 49.1. The third-order valence-corrected chi connectivity index (χ3v) is 11.3. The maximum Gasteiger partial charge on any atom is 0.416 e. The predicted molar refractivity (Wildman–Crippen MR) is 204 cm³/mol. The van der Waals surface area contributed by atoms with Crippen molar-refractivity contribution >= 4 is 41.4 Å². The first-order valence-electron chi connectivity index (χ1n) is 18.1. The molecule has 0 spiro atoms. The van der Waals surface area contributed by atoms with Gasteiger partial charge >= 0.3 is 12.3 Å². The molecule has 0 saturated carbocycles. The molecule has 0 aromatic heterocycles. The quantitative estimate of drug-likeness (QED) is 0.113. The standard InChI is InChI=1S/C42H41F3N4O4S/c43-42(44,45)33-17-10-18-34(27-33)46-22-24-47(25-23-46)39(50)37(29-54-26-21-31-13-6-2-7-14-31)48-35(20-19-30-11-4-1-5-12-30)38(40(48)51)49-36(28-53-41(49)52)32-15-8-3-9-16-32/h1-20,27,35-38H,21-26,28-29H2/b20-19+/t35-,36-,37-,38+/m1/s1. The molecule has 0 unspecified atom stereocenters. The Morgan fingerprint density at radius 1 is 0.852 bits per heavy atom. The number of halogens is 3. The number of anilines is 1. The summed E-state index contributed by atoms with van der Waals surface area (Å²) in [5.41, 5.74) is 2.65. The fraction of sp³-hybridized carbons (Fsp3) is 0.310. The summed E-state index contributed by atoms with van der Waals surface area (Å²) in [7, 11) is 0. The Morgan fingerprint density at radius 3 is 2.20 bits per heavy atom. The molecule has 0 aliphatic carbocycles. The number of cyclic esters (lactones) is 1. The van der Waals surface area contributed by atoms with Gasteiger partial charge in [-0.3, -0.25) is 14.5 Å². The van der Waals surface area contributed by atoms with Crippen molar-refractivity contribution in [3.63, 3.8) is 0 Å². The zero-order valence-electron chi connectivity index (χ0n) is 29.6. The van der Waals surface area contributed by atoms with E-state index in [-0.39, 0.29) is 31.5 Å². The van der Waals surface area contributed by atoms with E-state index in [9.17, 15) is 27.6 Å². The zero-order valence-corrected chi connectivity index (χ0v) is 30.4.